The maximum absolute atomic E-state index is 11.9. The zero-order chi connectivity index (χ0) is 13.0. The van der Waals surface area contributed by atoms with Crippen LogP contribution in [0, 0.1) is 3.57 Å². The third-order valence-corrected chi connectivity index (χ3v) is 3.62. The molecule has 0 fully saturated rings. The monoisotopic (exact) mass is 411 g/mol. The summed E-state index contributed by atoms with van der Waals surface area (Å²) < 4.78 is 1.56. The minimum atomic E-state index is -1.02. The Morgan fingerprint density at radius 2 is 2.18 bits per heavy atom. The molecule has 1 aromatic carbocycles. The molecular formula is C11H11BrINO3. The minimum Gasteiger partial charge on any atom is -0.480 e. The third kappa shape index (κ3) is 3.95. The molecule has 0 heterocycles. The van der Waals surface area contributed by atoms with Gasteiger partial charge in [0.15, 0.2) is 0 Å². The van der Waals surface area contributed by atoms with Crippen molar-refractivity contribution in [3.63, 3.8) is 0 Å². The second-order valence-electron chi connectivity index (χ2n) is 3.40. The van der Waals surface area contributed by atoms with Crippen molar-refractivity contribution in [1.29, 1.82) is 0 Å². The van der Waals surface area contributed by atoms with Crippen LogP contribution >= 0.6 is 38.5 Å². The fourth-order valence-corrected chi connectivity index (χ4v) is 2.19. The number of carboxylic acid groups (broad SMARTS) is 1. The summed E-state index contributed by atoms with van der Waals surface area (Å²) >= 11 is 5.32. The molecule has 1 atom stereocenters. The number of nitrogens with one attached hydrogen (secondary N) is 1. The second kappa shape index (κ2) is 6.34. The van der Waals surface area contributed by atoms with Crippen LogP contribution < -0.4 is 5.32 Å². The average Bonchev–Trinajstić information content (AvgIpc) is 2.28. The van der Waals surface area contributed by atoms with Crippen molar-refractivity contribution >= 4 is 50.4 Å². The van der Waals surface area contributed by atoms with Crippen molar-refractivity contribution in [2.24, 2.45) is 0 Å². The smallest absolute Gasteiger partial charge is 0.326 e. The van der Waals surface area contributed by atoms with Crippen LogP contribution in [-0.4, -0.2) is 23.0 Å². The number of aliphatic carboxylic acids is 1. The van der Waals surface area contributed by atoms with E-state index in [4.69, 9.17) is 5.11 Å². The molecule has 1 rings (SSSR count). The molecule has 0 aliphatic carbocycles. The van der Waals surface area contributed by atoms with Gasteiger partial charge in [0.05, 0.1) is 5.56 Å². The van der Waals surface area contributed by atoms with Crippen LogP contribution in [0.2, 0.25) is 0 Å². The molecule has 6 heteroatoms. The first-order chi connectivity index (χ1) is 7.95. The summed E-state index contributed by atoms with van der Waals surface area (Å²) in [5, 5.41) is 11.4. The molecule has 0 bridgehead atoms. The highest BCUT2D eigenvalue weighted by Crippen LogP contribution is 2.18. The van der Waals surface area contributed by atoms with E-state index < -0.39 is 12.0 Å². The molecule has 1 amide bonds. The molecule has 0 unspecified atom stereocenters. The van der Waals surface area contributed by atoms with Gasteiger partial charge in [-0.15, -0.1) is 0 Å². The lowest BCUT2D eigenvalue weighted by Gasteiger charge is -2.13. The maximum Gasteiger partial charge on any atom is 0.326 e. The van der Waals surface area contributed by atoms with Crippen molar-refractivity contribution in [3.05, 3.63) is 31.8 Å². The SMILES string of the molecule is CC[C@H](NC(=O)c1cc(Br)ccc1I)C(=O)O. The lowest BCUT2D eigenvalue weighted by Crippen LogP contribution is -2.40. The second-order valence-corrected chi connectivity index (χ2v) is 5.47. The molecule has 0 aliphatic heterocycles. The number of halogens is 2. The number of amides is 1. The first kappa shape index (κ1) is 14.4. The van der Waals surface area contributed by atoms with Gasteiger partial charge < -0.3 is 10.4 Å². The fourth-order valence-electron chi connectivity index (χ4n) is 1.25. The lowest BCUT2D eigenvalue weighted by atomic mass is 10.1. The lowest BCUT2D eigenvalue weighted by molar-refractivity contribution is -0.139. The number of carbonyl (C=O) groups excluding carboxylic acids is 1. The van der Waals surface area contributed by atoms with Gasteiger partial charge in [-0.3, -0.25) is 4.79 Å². The summed E-state index contributed by atoms with van der Waals surface area (Å²) in [6.45, 7) is 1.71. The Labute approximate surface area is 121 Å². The summed E-state index contributed by atoms with van der Waals surface area (Å²) in [5.74, 6) is -1.39. The molecule has 0 spiro atoms. The maximum atomic E-state index is 11.9. The highest BCUT2D eigenvalue weighted by molar-refractivity contribution is 14.1. The number of benzene rings is 1. The van der Waals surface area contributed by atoms with Gasteiger partial charge in [0, 0.05) is 8.04 Å². The van der Waals surface area contributed by atoms with E-state index >= 15 is 0 Å². The van der Waals surface area contributed by atoms with E-state index in [-0.39, 0.29) is 5.91 Å². The van der Waals surface area contributed by atoms with Crippen molar-refractivity contribution in [3.8, 4) is 0 Å². The quantitative estimate of drug-likeness (QED) is 0.748. The zero-order valence-corrected chi connectivity index (χ0v) is 12.8. The predicted molar refractivity (Wildman–Crippen MR) is 76.0 cm³/mol. The van der Waals surface area contributed by atoms with Gasteiger partial charge in [-0.25, -0.2) is 4.79 Å². The molecule has 92 valence electrons. The van der Waals surface area contributed by atoms with E-state index in [1.165, 1.54) is 0 Å². The van der Waals surface area contributed by atoms with Gasteiger partial charge >= 0.3 is 5.97 Å². The van der Waals surface area contributed by atoms with Gasteiger partial charge in [0.1, 0.15) is 6.04 Å². The highest BCUT2D eigenvalue weighted by atomic mass is 127. The Hall–Kier alpha value is -0.630. The molecule has 17 heavy (non-hydrogen) atoms. The topological polar surface area (TPSA) is 66.4 Å². The molecule has 0 saturated heterocycles. The molecular weight excluding hydrogens is 401 g/mol. The largest absolute Gasteiger partial charge is 0.480 e. The van der Waals surface area contributed by atoms with Crippen LogP contribution in [0.5, 0.6) is 0 Å². The average molecular weight is 412 g/mol. The molecule has 0 aliphatic rings. The van der Waals surface area contributed by atoms with Gasteiger partial charge in [-0.2, -0.15) is 0 Å². The standard InChI is InChI=1S/C11H11BrINO3/c1-2-9(11(16)17)14-10(15)7-5-6(12)3-4-8(7)13/h3-5,9H,2H2,1H3,(H,14,15)(H,16,17)/t9-/m0/s1. The van der Waals surface area contributed by atoms with Gasteiger partial charge in [-0.1, -0.05) is 22.9 Å². The van der Waals surface area contributed by atoms with Crippen LogP contribution in [0.25, 0.3) is 0 Å². The normalized spacial score (nSPS) is 11.9. The Bertz CT molecular complexity index is 450. The van der Waals surface area contributed by atoms with Crippen molar-refractivity contribution in [2.45, 2.75) is 19.4 Å². The Morgan fingerprint density at radius 3 is 2.71 bits per heavy atom. The van der Waals surface area contributed by atoms with Crippen LogP contribution in [-0.2, 0) is 4.79 Å². The minimum absolute atomic E-state index is 0.353. The van der Waals surface area contributed by atoms with Crippen molar-refractivity contribution < 1.29 is 14.7 Å². The first-order valence-electron chi connectivity index (χ1n) is 4.94. The molecule has 0 aromatic heterocycles. The summed E-state index contributed by atoms with van der Waals surface area (Å²) in [7, 11) is 0. The van der Waals surface area contributed by atoms with Crippen molar-refractivity contribution in [2.75, 3.05) is 0 Å². The molecule has 2 N–H and O–H groups in total. The Morgan fingerprint density at radius 1 is 1.53 bits per heavy atom. The Balaban J connectivity index is 2.89. The zero-order valence-electron chi connectivity index (χ0n) is 9.04. The van der Waals surface area contributed by atoms with E-state index in [0.717, 1.165) is 8.04 Å². The van der Waals surface area contributed by atoms with Crippen LogP contribution in [0.4, 0.5) is 0 Å². The summed E-state index contributed by atoms with van der Waals surface area (Å²) in [6.07, 6.45) is 0.353. The predicted octanol–water partition coefficient (Wildman–Crippen LogP) is 2.65. The number of hydrogen-bond acceptors (Lipinski definition) is 2. The summed E-state index contributed by atoms with van der Waals surface area (Å²) in [4.78, 5) is 22.7. The van der Waals surface area contributed by atoms with Gasteiger partial charge in [0.2, 0.25) is 0 Å². The number of rotatable bonds is 4. The Kier molecular flexibility index (Phi) is 5.38. The van der Waals surface area contributed by atoms with E-state index in [1.54, 1.807) is 19.1 Å². The van der Waals surface area contributed by atoms with E-state index in [0.29, 0.717) is 12.0 Å². The number of carbonyl (C=O) groups is 2. The van der Waals surface area contributed by atoms with Crippen LogP contribution in [0.15, 0.2) is 22.7 Å². The van der Waals surface area contributed by atoms with E-state index in [2.05, 4.69) is 21.2 Å². The summed E-state index contributed by atoms with van der Waals surface area (Å²) in [5.41, 5.74) is 0.472. The fraction of sp³-hybridized carbons (Fsp3) is 0.273. The molecule has 4 nitrogen and oxygen atoms in total. The van der Waals surface area contributed by atoms with E-state index in [1.807, 2.05) is 28.7 Å². The molecule has 1 aromatic rings. The third-order valence-electron chi connectivity index (χ3n) is 2.18. The van der Waals surface area contributed by atoms with Gasteiger partial charge in [-0.05, 0) is 47.2 Å². The van der Waals surface area contributed by atoms with Gasteiger partial charge in [0.25, 0.3) is 5.91 Å². The number of hydrogen-bond donors (Lipinski definition) is 2. The van der Waals surface area contributed by atoms with Crippen molar-refractivity contribution in [1.82, 2.24) is 5.32 Å². The molecule has 0 radical (unpaired) electrons. The summed E-state index contributed by atoms with van der Waals surface area (Å²) in [6, 6.07) is 4.44. The van der Waals surface area contributed by atoms with Crippen LogP contribution in [0.3, 0.4) is 0 Å². The van der Waals surface area contributed by atoms with E-state index in [9.17, 15) is 9.59 Å². The number of carboxylic acids is 1. The van der Waals surface area contributed by atoms with Crippen LogP contribution in [0.1, 0.15) is 23.7 Å². The highest BCUT2D eigenvalue weighted by Gasteiger charge is 2.19. The molecule has 0 saturated carbocycles. The first-order valence-corrected chi connectivity index (χ1v) is 6.81.